The summed E-state index contributed by atoms with van der Waals surface area (Å²) in [6.45, 7) is 0. The largest absolute Gasteiger partial charge is 0.455 e. The highest BCUT2D eigenvalue weighted by Crippen LogP contribution is 2.51. The van der Waals surface area contributed by atoms with E-state index >= 15 is 0 Å². The first-order valence-corrected chi connectivity index (χ1v) is 6.82. The third kappa shape index (κ3) is 1.33. The molecule has 0 aromatic heterocycles. The molecule has 2 heterocycles. The Bertz CT molecular complexity index is 752. The van der Waals surface area contributed by atoms with Crippen LogP contribution < -0.4 is 0 Å². The lowest BCUT2D eigenvalue weighted by atomic mass is 9.60. The molecule has 5 nitrogen and oxygen atoms in total. The molecule has 2 aliphatic heterocycles. The Morgan fingerprint density at radius 2 is 1.71 bits per heavy atom. The molecule has 2 aliphatic carbocycles. The van der Waals surface area contributed by atoms with E-state index in [-0.39, 0.29) is 16.4 Å². The van der Waals surface area contributed by atoms with E-state index in [4.69, 9.17) is 16.3 Å². The molecule has 4 aliphatic rings. The van der Waals surface area contributed by atoms with Crippen LogP contribution in [-0.4, -0.2) is 34.3 Å². The van der Waals surface area contributed by atoms with E-state index in [9.17, 15) is 19.5 Å². The van der Waals surface area contributed by atoms with Crippen LogP contribution in [0.1, 0.15) is 20.7 Å². The molecule has 21 heavy (non-hydrogen) atoms. The lowest BCUT2D eigenvalue weighted by Gasteiger charge is -2.49. The average Bonchev–Trinajstić information content (AvgIpc) is 2.47. The Morgan fingerprint density at radius 1 is 1.10 bits per heavy atom. The minimum atomic E-state index is -2.26. The van der Waals surface area contributed by atoms with Crippen molar-refractivity contribution < 1.29 is 24.2 Å². The molecule has 5 rings (SSSR count). The standard InChI is InChI=1S/C15H9ClO5/c16-9-5-8-10-11(15(9,20)14(19)21-8)13(18)7-4-2-1-3-6(7)12(10)17/h1-5,8,10-11,20H. The Labute approximate surface area is 124 Å². The molecule has 1 aromatic carbocycles. The Kier molecular flexibility index (Phi) is 2.31. The molecule has 6 heteroatoms. The monoisotopic (exact) mass is 304 g/mol. The van der Waals surface area contributed by atoms with Crippen molar-refractivity contribution in [2.45, 2.75) is 11.7 Å². The van der Waals surface area contributed by atoms with Crippen LogP contribution in [0, 0.1) is 11.8 Å². The molecule has 4 atom stereocenters. The number of carbonyl (C=O) groups excluding carboxylic acids is 3. The molecule has 0 amide bonds. The number of aliphatic hydroxyl groups is 1. The van der Waals surface area contributed by atoms with Crippen LogP contribution in [0.4, 0.5) is 0 Å². The summed E-state index contributed by atoms with van der Waals surface area (Å²) in [5.74, 6) is -3.87. The zero-order chi connectivity index (χ0) is 14.9. The SMILES string of the molecule is O=C1c2ccccc2C(=O)C2C1C1C=C(Cl)C2(O)C(=O)O1. The van der Waals surface area contributed by atoms with Gasteiger partial charge in [0.2, 0.25) is 5.60 Å². The second-order valence-electron chi connectivity index (χ2n) is 5.43. The van der Waals surface area contributed by atoms with Gasteiger partial charge >= 0.3 is 5.97 Å². The lowest BCUT2D eigenvalue weighted by Crippen LogP contribution is -2.66. The molecule has 1 aromatic rings. The summed E-state index contributed by atoms with van der Waals surface area (Å²) in [6.07, 6.45) is 0.428. The molecule has 0 radical (unpaired) electrons. The number of rotatable bonds is 0. The fraction of sp³-hybridized carbons (Fsp3) is 0.267. The summed E-state index contributed by atoms with van der Waals surface area (Å²) >= 11 is 5.96. The fourth-order valence-corrected chi connectivity index (χ4v) is 3.75. The van der Waals surface area contributed by atoms with Crippen molar-refractivity contribution in [3.05, 3.63) is 46.5 Å². The van der Waals surface area contributed by atoms with Gasteiger partial charge in [0.15, 0.2) is 11.6 Å². The van der Waals surface area contributed by atoms with Crippen LogP contribution in [0.25, 0.3) is 0 Å². The van der Waals surface area contributed by atoms with E-state index < -0.39 is 35.3 Å². The van der Waals surface area contributed by atoms with Gasteiger partial charge in [-0.05, 0) is 6.08 Å². The first-order valence-electron chi connectivity index (χ1n) is 6.45. The van der Waals surface area contributed by atoms with E-state index in [0.29, 0.717) is 5.56 Å². The minimum Gasteiger partial charge on any atom is -0.455 e. The van der Waals surface area contributed by atoms with Crippen molar-refractivity contribution in [1.29, 1.82) is 0 Å². The minimum absolute atomic E-state index is 0.148. The quantitative estimate of drug-likeness (QED) is 0.726. The van der Waals surface area contributed by atoms with Crippen molar-refractivity contribution >= 4 is 29.1 Å². The van der Waals surface area contributed by atoms with Gasteiger partial charge in [-0.1, -0.05) is 35.9 Å². The molecule has 1 saturated heterocycles. The maximum Gasteiger partial charge on any atom is 0.345 e. The van der Waals surface area contributed by atoms with Gasteiger partial charge in [0.1, 0.15) is 6.10 Å². The van der Waals surface area contributed by atoms with Crippen LogP contribution in [0.5, 0.6) is 0 Å². The summed E-state index contributed by atoms with van der Waals surface area (Å²) in [5, 5.41) is 10.5. The van der Waals surface area contributed by atoms with Crippen LogP contribution in [0.15, 0.2) is 35.4 Å². The summed E-state index contributed by atoms with van der Waals surface area (Å²) in [4.78, 5) is 37.2. The predicted molar refractivity (Wildman–Crippen MR) is 70.8 cm³/mol. The van der Waals surface area contributed by atoms with Gasteiger partial charge in [-0.2, -0.15) is 0 Å². The molecular weight excluding hydrogens is 296 g/mol. The number of fused-ring (bicyclic) bond motifs is 2. The number of Topliss-reactive ketones (excluding diaryl/α,β-unsaturated/α-hetero) is 2. The van der Waals surface area contributed by atoms with Crippen molar-refractivity contribution in [2.24, 2.45) is 11.8 Å². The molecule has 2 bridgehead atoms. The van der Waals surface area contributed by atoms with Crippen molar-refractivity contribution in [3.63, 3.8) is 0 Å². The summed E-state index contributed by atoms with van der Waals surface area (Å²) in [5.41, 5.74) is -1.76. The number of hydrogen-bond donors (Lipinski definition) is 1. The Hall–Kier alpha value is -1.98. The Balaban J connectivity index is 1.99. The summed E-state index contributed by atoms with van der Waals surface area (Å²) in [7, 11) is 0. The lowest BCUT2D eigenvalue weighted by molar-refractivity contribution is -0.187. The molecule has 4 unspecified atom stereocenters. The zero-order valence-corrected chi connectivity index (χ0v) is 11.3. The third-order valence-electron chi connectivity index (χ3n) is 4.44. The maximum absolute atomic E-state index is 12.7. The van der Waals surface area contributed by atoms with Gasteiger partial charge < -0.3 is 9.84 Å². The molecule has 1 N–H and O–H groups in total. The van der Waals surface area contributed by atoms with Crippen molar-refractivity contribution in [1.82, 2.24) is 0 Å². The highest BCUT2D eigenvalue weighted by atomic mass is 35.5. The number of carbonyl (C=O) groups is 3. The third-order valence-corrected chi connectivity index (χ3v) is 4.85. The van der Waals surface area contributed by atoms with Gasteiger partial charge in [0.05, 0.1) is 16.9 Å². The van der Waals surface area contributed by atoms with Crippen molar-refractivity contribution in [3.8, 4) is 0 Å². The van der Waals surface area contributed by atoms with E-state index in [1.54, 1.807) is 18.2 Å². The second-order valence-corrected chi connectivity index (χ2v) is 5.84. The van der Waals surface area contributed by atoms with E-state index in [1.807, 2.05) is 0 Å². The fourth-order valence-electron chi connectivity index (χ4n) is 3.43. The van der Waals surface area contributed by atoms with Crippen LogP contribution >= 0.6 is 11.6 Å². The topological polar surface area (TPSA) is 80.7 Å². The smallest absolute Gasteiger partial charge is 0.345 e. The van der Waals surface area contributed by atoms with Crippen LogP contribution in [0.3, 0.4) is 0 Å². The predicted octanol–water partition coefficient (Wildman–Crippen LogP) is 1.09. The number of hydrogen-bond acceptors (Lipinski definition) is 5. The average molecular weight is 305 g/mol. The van der Waals surface area contributed by atoms with Crippen LogP contribution in [0.2, 0.25) is 0 Å². The molecule has 0 spiro atoms. The van der Waals surface area contributed by atoms with Crippen molar-refractivity contribution in [2.75, 3.05) is 0 Å². The highest BCUT2D eigenvalue weighted by molar-refractivity contribution is 6.34. The summed E-state index contributed by atoms with van der Waals surface area (Å²) < 4.78 is 5.04. The van der Waals surface area contributed by atoms with Gasteiger partial charge in [-0.15, -0.1) is 0 Å². The molecule has 0 saturated carbocycles. The molecule has 1 fully saturated rings. The number of benzene rings is 1. The van der Waals surface area contributed by atoms with Gasteiger partial charge in [-0.3, -0.25) is 9.59 Å². The number of ether oxygens (including phenoxy) is 1. The van der Waals surface area contributed by atoms with Crippen LogP contribution in [-0.2, 0) is 9.53 Å². The van der Waals surface area contributed by atoms with E-state index in [2.05, 4.69) is 0 Å². The van der Waals surface area contributed by atoms with E-state index in [1.165, 1.54) is 12.1 Å². The van der Waals surface area contributed by atoms with Gasteiger partial charge in [0.25, 0.3) is 0 Å². The molecule has 106 valence electrons. The highest BCUT2D eigenvalue weighted by Gasteiger charge is 2.67. The number of ketones is 2. The van der Waals surface area contributed by atoms with E-state index in [0.717, 1.165) is 0 Å². The van der Waals surface area contributed by atoms with Gasteiger partial charge in [0, 0.05) is 11.1 Å². The normalized spacial score (nSPS) is 36.8. The zero-order valence-electron chi connectivity index (χ0n) is 10.6. The number of halogens is 1. The summed E-state index contributed by atoms with van der Waals surface area (Å²) in [6, 6.07) is 6.37. The Morgan fingerprint density at radius 3 is 2.33 bits per heavy atom. The second kappa shape index (κ2) is 3.81. The molecular formula is C15H9ClO5. The first kappa shape index (κ1) is 12.7. The first-order chi connectivity index (χ1) is 9.96. The van der Waals surface area contributed by atoms with Gasteiger partial charge in [-0.25, -0.2) is 4.79 Å². The maximum atomic E-state index is 12.7. The number of esters is 1.